The van der Waals surface area contributed by atoms with Crippen LogP contribution in [0, 0.1) is 6.92 Å². The summed E-state index contributed by atoms with van der Waals surface area (Å²) in [7, 11) is 0. The summed E-state index contributed by atoms with van der Waals surface area (Å²) < 4.78 is 5.57. The summed E-state index contributed by atoms with van der Waals surface area (Å²) >= 11 is 12.2. The molecule has 0 aliphatic carbocycles. The Balaban J connectivity index is 2.09. The van der Waals surface area contributed by atoms with Gasteiger partial charge in [0, 0.05) is 22.0 Å². The van der Waals surface area contributed by atoms with Gasteiger partial charge in [-0.2, -0.15) is 0 Å². The lowest BCUT2D eigenvalue weighted by Gasteiger charge is -2.09. The molecule has 1 heterocycles. The van der Waals surface area contributed by atoms with Crippen molar-refractivity contribution >= 4 is 29.0 Å². The Morgan fingerprint density at radius 3 is 2.75 bits per heavy atom. The highest BCUT2D eigenvalue weighted by molar-refractivity contribution is 6.32. The first kappa shape index (κ1) is 13.5. The molecule has 0 amide bonds. The van der Waals surface area contributed by atoms with Gasteiger partial charge in [0.25, 0.3) is 0 Å². The number of ether oxygens (including phenoxy) is 1. The molecule has 0 saturated carbocycles. The van der Waals surface area contributed by atoms with E-state index in [0.717, 1.165) is 17.5 Å². The third-order valence-corrected chi connectivity index (χ3v) is 4.05. The lowest BCUT2D eigenvalue weighted by Crippen LogP contribution is -2.04. The van der Waals surface area contributed by atoms with Crippen molar-refractivity contribution in [1.82, 2.24) is 0 Å². The summed E-state index contributed by atoms with van der Waals surface area (Å²) in [4.78, 5) is 12.6. The molecule has 20 heavy (non-hydrogen) atoms. The molecule has 0 saturated heterocycles. The Morgan fingerprint density at radius 2 is 2.00 bits per heavy atom. The second-order valence-corrected chi connectivity index (χ2v) is 5.68. The van der Waals surface area contributed by atoms with Crippen molar-refractivity contribution in [3.05, 3.63) is 62.6 Å². The number of carbonyl (C=O) groups is 1. The quantitative estimate of drug-likeness (QED) is 0.765. The third kappa shape index (κ3) is 2.30. The molecule has 2 nitrogen and oxygen atoms in total. The van der Waals surface area contributed by atoms with Gasteiger partial charge in [0.15, 0.2) is 5.78 Å². The van der Waals surface area contributed by atoms with Gasteiger partial charge in [-0.15, -0.1) is 0 Å². The highest BCUT2D eigenvalue weighted by atomic mass is 35.5. The van der Waals surface area contributed by atoms with Crippen molar-refractivity contribution in [2.75, 3.05) is 6.61 Å². The monoisotopic (exact) mass is 306 g/mol. The summed E-state index contributed by atoms with van der Waals surface area (Å²) in [6.45, 7) is 2.49. The van der Waals surface area contributed by atoms with Crippen LogP contribution in [0.4, 0.5) is 0 Å². The van der Waals surface area contributed by atoms with Crippen LogP contribution in [-0.4, -0.2) is 12.4 Å². The van der Waals surface area contributed by atoms with Crippen LogP contribution < -0.4 is 4.74 Å². The molecule has 1 aliphatic heterocycles. The van der Waals surface area contributed by atoms with Crippen LogP contribution in [0.2, 0.25) is 10.0 Å². The van der Waals surface area contributed by atoms with Crippen LogP contribution in [0.5, 0.6) is 5.75 Å². The molecule has 0 radical (unpaired) electrons. The summed E-state index contributed by atoms with van der Waals surface area (Å²) in [5.74, 6) is 0.531. The predicted octanol–water partition coefficient (Wildman–Crippen LogP) is 4.47. The largest absolute Gasteiger partial charge is 0.492 e. The van der Waals surface area contributed by atoms with Gasteiger partial charge in [-0.25, -0.2) is 0 Å². The van der Waals surface area contributed by atoms with Gasteiger partial charge in [-0.1, -0.05) is 35.3 Å². The summed E-state index contributed by atoms with van der Waals surface area (Å²) in [6.07, 6.45) is 0.783. The topological polar surface area (TPSA) is 26.3 Å². The molecule has 0 bridgehead atoms. The van der Waals surface area contributed by atoms with Gasteiger partial charge in [0.2, 0.25) is 0 Å². The van der Waals surface area contributed by atoms with Gasteiger partial charge < -0.3 is 4.74 Å². The standard InChI is InChI=1S/C16H12Cl2O2/c1-9-2-3-10(7-14(9)18)15(19)13-8-12(17)6-11-4-5-20-16(11)13/h2-3,6-8H,4-5H2,1H3. The van der Waals surface area contributed by atoms with E-state index in [-0.39, 0.29) is 5.78 Å². The van der Waals surface area contributed by atoms with Crippen molar-refractivity contribution < 1.29 is 9.53 Å². The molecule has 3 rings (SSSR count). The molecular weight excluding hydrogens is 295 g/mol. The van der Waals surface area contributed by atoms with Crippen LogP contribution in [0.25, 0.3) is 0 Å². The maximum absolute atomic E-state index is 12.6. The minimum Gasteiger partial charge on any atom is -0.492 e. The number of rotatable bonds is 2. The molecule has 2 aromatic rings. The molecule has 102 valence electrons. The van der Waals surface area contributed by atoms with E-state index in [1.54, 1.807) is 18.2 Å². The predicted molar refractivity (Wildman–Crippen MR) is 80.3 cm³/mol. The van der Waals surface area contributed by atoms with E-state index in [1.165, 1.54) is 0 Å². The van der Waals surface area contributed by atoms with Crippen molar-refractivity contribution in [2.24, 2.45) is 0 Å². The Morgan fingerprint density at radius 1 is 1.20 bits per heavy atom. The van der Waals surface area contributed by atoms with Gasteiger partial charge in [-0.3, -0.25) is 4.79 Å². The Kier molecular flexibility index (Phi) is 3.45. The minimum atomic E-state index is -0.118. The molecule has 1 aliphatic rings. The lowest BCUT2D eigenvalue weighted by atomic mass is 9.99. The highest BCUT2D eigenvalue weighted by Crippen LogP contribution is 2.34. The molecule has 2 aromatic carbocycles. The van der Waals surface area contributed by atoms with Crippen molar-refractivity contribution in [2.45, 2.75) is 13.3 Å². The zero-order chi connectivity index (χ0) is 14.3. The van der Waals surface area contributed by atoms with E-state index in [9.17, 15) is 4.79 Å². The van der Waals surface area contributed by atoms with E-state index < -0.39 is 0 Å². The van der Waals surface area contributed by atoms with Crippen molar-refractivity contribution in [3.63, 3.8) is 0 Å². The summed E-state index contributed by atoms with van der Waals surface area (Å²) in [5.41, 5.74) is 2.97. The average molecular weight is 307 g/mol. The number of carbonyl (C=O) groups excluding carboxylic acids is 1. The van der Waals surface area contributed by atoms with Gasteiger partial charge in [-0.05, 0) is 36.2 Å². The first-order valence-corrected chi connectivity index (χ1v) is 7.08. The smallest absolute Gasteiger partial charge is 0.196 e. The van der Waals surface area contributed by atoms with Crippen LogP contribution >= 0.6 is 23.2 Å². The molecule has 0 atom stereocenters. The number of hydrogen-bond acceptors (Lipinski definition) is 2. The SMILES string of the molecule is Cc1ccc(C(=O)c2cc(Cl)cc3c2OCC3)cc1Cl. The van der Waals surface area contributed by atoms with Crippen LogP contribution in [0.1, 0.15) is 27.0 Å². The molecule has 0 aromatic heterocycles. The Hall–Kier alpha value is -1.51. The van der Waals surface area contributed by atoms with Gasteiger partial charge >= 0.3 is 0 Å². The number of halogens is 2. The number of benzene rings is 2. The lowest BCUT2D eigenvalue weighted by molar-refractivity contribution is 0.103. The third-order valence-electron chi connectivity index (χ3n) is 3.43. The van der Waals surface area contributed by atoms with Crippen molar-refractivity contribution in [3.8, 4) is 5.75 Å². The minimum absolute atomic E-state index is 0.118. The van der Waals surface area contributed by atoms with E-state index in [1.807, 2.05) is 19.1 Å². The number of hydrogen-bond donors (Lipinski definition) is 0. The zero-order valence-electron chi connectivity index (χ0n) is 10.9. The van der Waals surface area contributed by atoms with E-state index >= 15 is 0 Å². The number of fused-ring (bicyclic) bond motifs is 1. The molecular formula is C16H12Cl2O2. The number of ketones is 1. The zero-order valence-corrected chi connectivity index (χ0v) is 12.4. The normalized spacial score (nSPS) is 12.9. The second kappa shape index (κ2) is 5.12. The summed E-state index contributed by atoms with van der Waals surface area (Å²) in [5, 5.41) is 1.13. The van der Waals surface area contributed by atoms with Crippen LogP contribution in [-0.2, 0) is 6.42 Å². The molecule has 0 fully saturated rings. The van der Waals surface area contributed by atoms with Crippen LogP contribution in [0.3, 0.4) is 0 Å². The van der Waals surface area contributed by atoms with E-state index in [4.69, 9.17) is 27.9 Å². The maximum Gasteiger partial charge on any atom is 0.196 e. The fourth-order valence-corrected chi connectivity index (χ4v) is 2.75. The Labute approximate surface area is 127 Å². The Bertz CT molecular complexity index is 708. The fourth-order valence-electron chi connectivity index (χ4n) is 2.33. The first-order valence-electron chi connectivity index (χ1n) is 6.32. The second-order valence-electron chi connectivity index (χ2n) is 4.83. The molecule has 4 heteroatoms. The molecule has 0 unspecified atom stereocenters. The van der Waals surface area contributed by atoms with E-state index in [0.29, 0.717) is 33.5 Å². The summed E-state index contributed by atoms with van der Waals surface area (Å²) in [6, 6.07) is 8.79. The first-order chi connectivity index (χ1) is 9.56. The number of aryl methyl sites for hydroxylation is 1. The molecule has 0 spiro atoms. The van der Waals surface area contributed by atoms with E-state index in [2.05, 4.69) is 0 Å². The van der Waals surface area contributed by atoms with Crippen LogP contribution in [0.15, 0.2) is 30.3 Å². The average Bonchev–Trinajstić information content (AvgIpc) is 2.88. The fraction of sp³-hybridized carbons (Fsp3) is 0.188. The molecule has 0 N–H and O–H groups in total. The van der Waals surface area contributed by atoms with Gasteiger partial charge in [0.1, 0.15) is 5.75 Å². The van der Waals surface area contributed by atoms with Gasteiger partial charge in [0.05, 0.1) is 12.2 Å². The maximum atomic E-state index is 12.6. The van der Waals surface area contributed by atoms with Crippen molar-refractivity contribution in [1.29, 1.82) is 0 Å². The highest BCUT2D eigenvalue weighted by Gasteiger charge is 2.23.